The molecule has 0 aromatic heterocycles. The van der Waals surface area contributed by atoms with Crippen LogP contribution in [0.4, 0.5) is 11.4 Å². The van der Waals surface area contributed by atoms with Crippen LogP contribution in [-0.4, -0.2) is 17.9 Å². The van der Waals surface area contributed by atoms with Crippen LogP contribution in [0.15, 0.2) is 18.2 Å². The zero-order chi connectivity index (χ0) is 13.6. The molecule has 0 spiro atoms. The van der Waals surface area contributed by atoms with Crippen molar-refractivity contribution in [3.63, 3.8) is 0 Å². The summed E-state index contributed by atoms with van der Waals surface area (Å²) in [4.78, 5) is 23.0. The van der Waals surface area contributed by atoms with Crippen LogP contribution in [0.25, 0.3) is 0 Å². The molecule has 0 bridgehead atoms. The largest absolute Gasteiger partial charge is 0.758 e. The fourth-order valence-electron chi connectivity index (χ4n) is 2.87. The van der Waals surface area contributed by atoms with Crippen molar-refractivity contribution >= 4 is 23.2 Å². The fourth-order valence-corrected chi connectivity index (χ4v) is 2.87. The van der Waals surface area contributed by atoms with Gasteiger partial charge in [0.2, 0.25) is 11.8 Å². The topological polar surface area (TPSA) is 98.5 Å². The number of rotatable bonds is 1. The van der Waals surface area contributed by atoms with Crippen molar-refractivity contribution in [1.29, 1.82) is 0 Å². The second-order valence-corrected chi connectivity index (χ2v) is 5.00. The number of fused-ring (bicyclic) bond motifs is 1. The average molecular weight is 260 g/mol. The van der Waals surface area contributed by atoms with Crippen molar-refractivity contribution in [2.24, 2.45) is 5.92 Å². The Balaban J connectivity index is 1.87. The number of nitrogen functional groups attached to an aromatic ring is 1. The number of imide groups is 1. The van der Waals surface area contributed by atoms with Gasteiger partial charge in [0.1, 0.15) is 0 Å². The maximum atomic E-state index is 12.3. The summed E-state index contributed by atoms with van der Waals surface area (Å²) in [5.74, 6) is -1.08. The summed E-state index contributed by atoms with van der Waals surface area (Å²) in [5.41, 5.74) is 7.77. The second-order valence-electron chi connectivity index (χ2n) is 5.00. The molecular weight excluding hydrogens is 246 g/mol. The van der Waals surface area contributed by atoms with Crippen LogP contribution in [0, 0.1) is 11.1 Å². The molecule has 1 aromatic rings. The van der Waals surface area contributed by atoms with Crippen LogP contribution in [0.3, 0.4) is 0 Å². The molecule has 2 amide bonds. The quantitative estimate of drug-likeness (QED) is 0.567. The molecule has 2 atom stereocenters. The first-order valence-electron chi connectivity index (χ1n) is 6.25. The van der Waals surface area contributed by atoms with Crippen molar-refractivity contribution in [2.45, 2.75) is 25.3 Å². The highest BCUT2D eigenvalue weighted by Crippen LogP contribution is 2.39. The first-order valence-corrected chi connectivity index (χ1v) is 6.25. The molecule has 1 saturated heterocycles. The maximum Gasteiger partial charge on any atom is 0.231 e. The highest BCUT2D eigenvalue weighted by atomic mass is 16.5. The number of nitrogens with two attached hydrogens (primary N) is 1. The minimum atomic E-state index is -0.465. The molecule has 1 aromatic carbocycles. The lowest BCUT2D eigenvalue weighted by Gasteiger charge is -2.38. The number of benzene rings is 1. The number of nitrogens with one attached hydrogen (secondary N) is 1. The molecule has 100 valence electrons. The fraction of sp³-hybridized carbons (Fsp3) is 0.385. The molecule has 6 nitrogen and oxygen atoms in total. The summed E-state index contributed by atoms with van der Waals surface area (Å²) in [6, 6.07) is 4.73. The van der Waals surface area contributed by atoms with Crippen LogP contribution in [-0.2, 0) is 16.0 Å². The lowest BCUT2D eigenvalue weighted by atomic mass is 9.88. The number of hydrogen-bond acceptors (Lipinski definition) is 5. The van der Waals surface area contributed by atoms with Gasteiger partial charge >= 0.3 is 0 Å². The van der Waals surface area contributed by atoms with E-state index < -0.39 is 12.0 Å². The molecule has 2 aliphatic heterocycles. The normalized spacial score (nSPS) is 26.3. The van der Waals surface area contributed by atoms with Gasteiger partial charge in [-0.05, 0) is 30.5 Å². The Morgan fingerprint density at radius 2 is 2.16 bits per heavy atom. The van der Waals surface area contributed by atoms with E-state index in [-0.39, 0.29) is 18.2 Å². The van der Waals surface area contributed by atoms with E-state index in [0.29, 0.717) is 24.2 Å². The third-order valence-corrected chi connectivity index (χ3v) is 3.89. The third-order valence-electron chi connectivity index (χ3n) is 3.89. The summed E-state index contributed by atoms with van der Waals surface area (Å²) in [6.45, 7) is 0. The van der Waals surface area contributed by atoms with Gasteiger partial charge in [-0.25, -0.2) is 0 Å². The Morgan fingerprint density at radius 3 is 2.84 bits per heavy atom. The van der Waals surface area contributed by atoms with Gasteiger partial charge in [0.25, 0.3) is 0 Å². The number of hydroxylamine groups is 1. The van der Waals surface area contributed by atoms with Gasteiger partial charge in [-0.2, -0.15) is 0 Å². The number of hydrogen-bond donors (Lipinski definition) is 2. The molecule has 2 aliphatic rings. The van der Waals surface area contributed by atoms with Crippen molar-refractivity contribution in [1.82, 2.24) is 5.32 Å². The van der Waals surface area contributed by atoms with E-state index in [4.69, 9.17) is 5.73 Å². The Morgan fingerprint density at radius 1 is 1.37 bits per heavy atom. The number of carbonyl (C=O) groups excluding carboxylic acids is 2. The Labute approximate surface area is 110 Å². The van der Waals surface area contributed by atoms with Crippen LogP contribution in [0.5, 0.6) is 0 Å². The van der Waals surface area contributed by atoms with Crippen molar-refractivity contribution in [2.75, 3.05) is 10.8 Å². The molecule has 0 aliphatic carbocycles. The third kappa shape index (κ3) is 1.84. The first kappa shape index (κ1) is 12.0. The minimum Gasteiger partial charge on any atom is -0.758 e. The molecule has 2 unspecified atom stereocenters. The number of amides is 2. The number of nitrogens with zero attached hydrogens (tertiary/aromatic N) is 1. The minimum absolute atomic E-state index is 0.270. The van der Waals surface area contributed by atoms with E-state index in [1.54, 1.807) is 18.2 Å². The lowest BCUT2D eigenvalue weighted by Crippen LogP contribution is -2.49. The molecule has 6 heteroatoms. The molecule has 3 rings (SSSR count). The molecule has 0 saturated carbocycles. The Bertz CT molecular complexity index is 558. The zero-order valence-electron chi connectivity index (χ0n) is 10.3. The van der Waals surface area contributed by atoms with Gasteiger partial charge in [-0.3, -0.25) is 14.9 Å². The van der Waals surface area contributed by atoms with Crippen molar-refractivity contribution in [3.05, 3.63) is 29.0 Å². The summed E-state index contributed by atoms with van der Waals surface area (Å²) in [7, 11) is 0. The van der Waals surface area contributed by atoms with Crippen molar-refractivity contribution < 1.29 is 9.59 Å². The first-order chi connectivity index (χ1) is 9.08. The number of piperidine rings is 1. The second kappa shape index (κ2) is 4.24. The van der Waals surface area contributed by atoms with Gasteiger partial charge in [0.15, 0.2) is 0 Å². The lowest BCUT2D eigenvalue weighted by molar-refractivity contribution is -0.136. The Kier molecular flexibility index (Phi) is 2.67. The smallest absolute Gasteiger partial charge is 0.231 e. The monoisotopic (exact) mass is 260 g/mol. The summed E-state index contributed by atoms with van der Waals surface area (Å²) in [5, 5.41) is 15.4. The number of carbonyl (C=O) groups is 2. The summed E-state index contributed by atoms with van der Waals surface area (Å²) < 4.78 is 0. The SMILES string of the molecule is Nc1cccc2c1CC(C1CCC(=O)NC1=O)N2[O-]. The van der Waals surface area contributed by atoms with E-state index in [2.05, 4.69) is 5.32 Å². The summed E-state index contributed by atoms with van der Waals surface area (Å²) in [6.07, 6.45) is 1.16. The zero-order valence-corrected chi connectivity index (χ0v) is 10.3. The molecule has 2 heterocycles. The van der Waals surface area contributed by atoms with E-state index >= 15 is 0 Å². The van der Waals surface area contributed by atoms with E-state index in [9.17, 15) is 14.8 Å². The highest BCUT2D eigenvalue weighted by molar-refractivity contribution is 5.99. The van der Waals surface area contributed by atoms with Gasteiger partial charge < -0.3 is 16.0 Å². The van der Waals surface area contributed by atoms with E-state index in [1.165, 1.54) is 0 Å². The van der Waals surface area contributed by atoms with E-state index in [1.807, 2.05) is 0 Å². The molecule has 19 heavy (non-hydrogen) atoms. The van der Waals surface area contributed by atoms with Crippen molar-refractivity contribution in [3.8, 4) is 0 Å². The van der Waals surface area contributed by atoms with Crippen LogP contribution >= 0.6 is 0 Å². The van der Waals surface area contributed by atoms with Crippen LogP contribution < -0.4 is 16.1 Å². The van der Waals surface area contributed by atoms with Crippen LogP contribution in [0.1, 0.15) is 18.4 Å². The highest BCUT2D eigenvalue weighted by Gasteiger charge is 2.38. The van der Waals surface area contributed by atoms with Gasteiger partial charge in [0.05, 0.1) is 5.92 Å². The predicted octanol–water partition coefficient (Wildman–Crippen LogP) is 0.550. The average Bonchev–Trinajstić information content (AvgIpc) is 2.69. The van der Waals surface area contributed by atoms with Gasteiger partial charge in [-0.15, -0.1) is 0 Å². The number of anilines is 2. The van der Waals surface area contributed by atoms with Crippen LogP contribution in [0.2, 0.25) is 0 Å². The molecule has 0 radical (unpaired) electrons. The predicted molar refractivity (Wildman–Crippen MR) is 70.1 cm³/mol. The molecule has 1 fully saturated rings. The Hall–Kier alpha value is -2.08. The van der Waals surface area contributed by atoms with Gasteiger partial charge in [-0.1, -0.05) is 6.07 Å². The summed E-state index contributed by atoms with van der Waals surface area (Å²) >= 11 is 0. The standard InChI is InChI=1S/C13H14N3O3/c14-9-2-1-3-10-8(9)6-11(16(10)19)7-4-5-12(17)15-13(7)18/h1-3,7,11H,4-6,14H2,(H,15,17,18)/q-1. The molecular formula is C13H14N3O3-. The van der Waals surface area contributed by atoms with Gasteiger partial charge in [0, 0.05) is 23.8 Å². The van der Waals surface area contributed by atoms with E-state index in [0.717, 1.165) is 10.6 Å². The molecule has 3 N–H and O–H groups in total. The maximum absolute atomic E-state index is 12.3.